The third kappa shape index (κ3) is 5.65. The fourth-order valence-corrected chi connectivity index (χ4v) is 3.37. The fraction of sp³-hybridized carbons (Fsp3) is 0.250. The maximum absolute atomic E-state index is 13.3. The number of fused-ring (bicyclic) bond motifs is 1. The first kappa shape index (κ1) is 24.6. The number of H-pyrrole nitrogens is 1. The van der Waals surface area contributed by atoms with E-state index in [1.54, 1.807) is 35.2 Å². The first-order chi connectivity index (χ1) is 16.2. The summed E-state index contributed by atoms with van der Waals surface area (Å²) in [5.41, 5.74) is 3.36. The Morgan fingerprint density at radius 1 is 1.41 bits per heavy atom. The Kier molecular flexibility index (Phi) is 7.75. The number of aryl methyl sites for hydroxylation is 1. The number of aromatic amines is 1. The number of nitrogens with zero attached hydrogens (tertiary/aromatic N) is 4. The summed E-state index contributed by atoms with van der Waals surface area (Å²) in [6.07, 6.45) is 10.1. The van der Waals surface area contributed by atoms with Crippen LogP contribution in [0.5, 0.6) is 0 Å². The summed E-state index contributed by atoms with van der Waals surface area (Å²) in [5.74, 6) is -1.06. The third-order valence-electron chi connectivity index (χ3n) is 5.16. The second-order valence-electron chi connectivity index (χ2n) is 7.80. The molecule has 0 aliphatic heterocycles. The van der Waals surface area contributed by atoms with Gasteiger partial charge in [-0.25, -0.2) is 14.4 Å². The number of rotatable bonds is 9. The van der Waals surface area contributed by atoms with Gasteiger partial charge < -0.3 is 9.88 Å². The summed E-state index contributed by atoms with van der Waals surface area (Å²) in [5, 5.41) is 20.1. The van der Waals surface area contributed by atoms with E-state index in [1.807, 2.05) is 6.92 Å². The minimum atomic E-state index is -1.12. The molecule has 0 radical (unpaired) electrons. The van der Waals surface area contributed by atoms with Crippen LogP contribution in [-0.2, 0) is 13.1 Å². The lowest BCUT2D eigenvalue weighted by molar-refractivity contribution is -0.0379. The minimum absolute atomic E-state index is 0.0111. The number of hydroxylamine groups is 2. The molecule has 9 nitrogen and oxygen atoms in total. The van der Waals surface area contributed by atoms with Crippen molar-refractivity contribution in [2.45, 2.75) is 33.1 Å². The van der Waals surface area contributed by atoms with Crippen molar-refractivity contribution in [3.8, 4) is 0 Å². The van der Waals surface area contributed by atoms with E-state index in [9.17, 15) is 19.2 Å². The van der Waals surface area contributed by atoms with Crippen molar-refractivity contribution in [1.29, 1.82) is 0 Å². The third-order valence-corrected chi connectivity index (χ3v) is 5.16. The van der Waals surface area contributed by atoms with Gasteiger partial charge in [0.1, 0.15) is 11.9 Å². The largest absolute Gasteiger partial charge is 0.348 e. The van der Waals surface area contributed by atoms with Crippen LogP contribution in [0.25, 0.3) is 10.9 Å². The SMILES string of the molecule is C=C/C=C(\C=C/C(C)F)Cn1cc(C(=O)NCc2cn[nH]c2C)c2cc(C(=O)N(C)O)ncc21. The van der Waals surface area contributed by atoms with Crippen LogP contribution in [0.3, 0.4) is 0 Å². The minimum Gasteiger partial charge on any atom is -0.348 e. The molecule has 0 saturated heterocycles. The topological polar surface area (TPSA) is 116 Å². The zero-order chi connectivity index (χ0) is 24.8. The molecule has 0 aliphatic carbocycles. The lowest BCUT2D eigenvalue weighted by atomic mass is 10.1. The van der Waals surface area contributed by atoms with E-state index < -0.39 is 12.1 Å². The van der Waals surface area contributed by atoms with Crippen LogP contribution in [-0.4, -0.2) is 55.1 Å². The molecule has 3 aromatic rings. The molecule has 10 heteroatoms. The quantitative estimate of drug-likeness (QED) is 0.254. The highest BCUT2D eigenvalue weighted by atomic mass is 19.1. The number of halogens is 1. The van der Waals surface area contributed by atoms with E-state index in [1.165, 1.54) is 32.3 Å². The normalized spacial score (nSPS) is 12.8. The highest BCUT2D eigenvalue weighted by molar-refractivity contribution is 6.08. The van der Waals surface area contributed by atoms with Crippen molar-refractivity contribution in [3.63, 3.8) is 0 Å². The van der Waals surface area contributed by atoms with Crippen molar-refractivity contribution in [2.24, 2.45) is 0 Å². The van der Waals surface area contributed by atoms with E-state index >= 15 is 0 Å². The number of aromatic nitrogens is 4. The molecule has 3 N–H and O–H groups in total. The van der Waals surface area contributed by atoms with Gasteiger partial charge >= 0.3 is 0 Å². The summed E-state index contributed by atoms with van der Waals surface area (Å²) in [6.45, 7) is 7.57. The molecule has 0 aliphatic rings. The van der Waals surface area contributed by atoms with E-state index in [-0.39, 0.29) is 18.1 Å². The molecule has 0 fully saturated rings. The maximum atomic E-state index is 13.3. The Morgan fingerprint density at radius 3 is 2.79 bits per heavy atom. The summed E-state index contributed by atoms with van der Waals surface area (Å²) in [7, 11) is 1.20. The molecule has 3 rings (SSSR count). The lowest BCUT2D eigenvalue weighted by Gasteiger charge is -2.09. The van der Waals surface area contributed by atoms with E-state index in [0.29, 0.717) is 28.1 Å². The zero-order valence-corrected chi connectivity index (χ0v) is 19.2. The number of alkyl halides is 1. The van der Waals surface area contributed by atoms with Crippen LogP contribution in [0.15, 0.2) is 61.1 Å². The van der Waals surface area contributed by atoms with Crippen LogP contribution in [0.4, 0.5) is 4.39 Å². The predicted molar refractivity (Wildman–Crippen MR) is 126 cm³/mol. The van der Waals surface area contributed by atoms with Gasteiger partial charge in [-0.3, -0.25) is 19.9 Å². The van der Waals surface area contributed by atoms with Crippen LogP contribution in [0, 0.1) is 6.92 Å². The summed E-state index contributed by atoms with van der Waals surface area (Å²) < 4.78 is 15.1. The molecule has 178 valence electrons. The number of pyridine rings is 1. The molecule has 3 aromatic heterocycles. The zero-order valence-electron chi connectivity index (χ0n) is 19.2. The van der Waals surface area contributed by atoms with Crippen molar-refractivity contribution in [3.05, 3.63) is 83.6 Å². The van der Waals surface area contributed by atoms with Gasteiger partial charge in [0.15, 0.2) is 0 Å². The average molecular weight is 467 g/mol. The Labute approximate surface area is 196 Å². The first-order valence-electron chi connectivity index (χ1n) is 10.6. The Balaban J connectivity index is 2.02. The second kappa shape index (κ2) is 10.7. The lowest BCUT2D eigenvalue weighted by Crippen LogP contribution is -2.24. The molecule has 3 heterocycles. The maximum Gasteiger partial charge on any atom is 0.295 e. The molecule has 0 spiro atoms. The van der Waals surface area contributed by atoms with Crippen LogP contribution >= 0.6 is 0 Å². The predicted octanol–water partition coefficient (Wildman–Crippen LogP) is 3.49. The molecule has 2 amide bonds. The van der Waals surface area contributed by atoms with Crippen molar-refractivity contribution in [2.75, 3.05) is 7.05 Å². The van der Waals surface area contributed by atoms with Gasteiger partial charge in [-0.05, 0) is 25.5 Å². The Bertz CT molecular complexity index is 1270. The van der Waals surface area contributed by atoms with E-state index in [4.69, 9.17) is 0 Å². The highest BCUT2D eigenvalue weighted by Crippen LogP contribution is 2.24. The first-order valence-corrected chi connectivity index (χ1v) is 10.6. The van der Waals surface area contributed by atoms with Crippen LogP contribution in [0.2, 0.25) is 0 Å². The van der Waals surface area contributed by atoms with Gasteiger partial charge in [0.2, 0.25) is 0 Å². The molecule has 34 heavy (non-hydrogen) atoms. The number of amides is 2. The summed E-state index contributed by atoms with van der Waals surface area (Å²) in [4.78, 5) is 29.5. The number of nitrogens with one attached hydrogen (secondary N) is 2. The molecular weight excluding hydrogens is 439 g/mol. The number of allylic oxidation sites excluding steroid dienone is 5. The number of hydrogen-bond donors (Lipinski definition) is 3. The van der Waals surface area contributed by atoms with Gasteiger partial charge in [-0.1, -0.05) is 30.9 Å². The second-order valence-corrected chi connectivity index (χ2v) is 7.80. The molecule has 0 aromatic carbocycles. The van der Waals surface area contributed by atoms with Gasteiger partial charge in [-0.15, -0.1) is 0 Å². The van der Waals surface area contributed by atoms with E-state index in [0.717, 1.165) is 16.8 Å². The Morgan fingerprint density at radius 2 is 2.18 bits per heavy atom. The van der Waals surface area contributed by atoms with E-state index in [2.05, 4.69) is 27.1 Å². The van der Waals surface area contributed by atoms with Crippen molar-refractivity contribution in [1.82, 2.24) is 30.1 Å². The van der Waals surface area contributed by atoms with Crippen molar-refractivity contribution < 1.29 is 19.2 Å². The van der Waals surface area contributed by atoms with Gasteiger partial charge in [0.25, 0.3) is 11.8 Å². The summed E-state index contributed by atoms with van der Waals surface area (Å²) in [6, 6.07) is 1.47. The number of carbonyl (C=O) groups excluding carboxylic acids is 2. The molecule has 0 saturated carbocycles. The molecule has 0 bridgehead atoms. The molecular formula is C24H27FN6O3. The number of hydrogen-bond acceptors (Lipinski definition) is 5. The average Bonchev–Trinajstić information content (AvgIpc) is 3.38. The van der Waals surface area contributed by atoms with Crippen LogP contribution < -0.4 is 5.32 Å². The van der Waals surface area contributed by atoms with Crippen molar-refractivity contribution >= 4 is 22.7 Å². The monoisotopic (exact) mass is 466 g/mol. The summed E-state index contributed by atoms with van der Waals surface area (Å²) >= 11 is 0. The highest BCUT2D eigenvalue weighted by Gasteiger charge is 2.20. The van der Waals surface area contributed by atoms with Gasteiger partial charge in [0, 0.05) is 43.0 Å². The van der Waals surface area contributed by atoms with Gasteiger partial charge in [-0.2, -0.15) is 5.10 Å². The standard InChI is InChI=1S/C24H27FN6O3/c1-5-6-17(8-7-15(2)25)13-31-14-20(23(32)27-10-18-11-28-29-16(18)3)19-9-21(24(33)30(4)34)26-12-22(19)31/h5-9,11-12,14-15,34H,1,10,13H2,2-4H3,(H,27,32)(H,28,29)/b8-7-,17-6+. The molecule has 1 unspecified atom stereocenters. The smallest absolute Gasteiger partial charge is 0.295 e. The Hall–Kier alpha value is -4.05. The van der Waals surface area contributed by atoms with Crippen LogP contribution in [0.1, 0.15) is 39.0 Å². The number of carbonyl (C=O) groups is 2. The van der Waals surface area contributed by atoms with Gasteiger partial charge in [0.05, 0.1) is 23.5 Å². The molecule has 1 atom stereocenters. The fourth-order valence-electron chi connectivity index (χ4n) is 3.37.